The van der Waals surface area contributed by atoms with Crippen LogP contribution in [0.15, 0.2) is 48.5 Å². The molecule has 2 aromatic rings. The first-order valence-corrected chi connectivity index (χ1v) is 13.2. The summed E-state index contributed by atoms with van der Waals surface area (Å²) >= 11 is 4.68. The number of hydrogen-bond donors (Lipinski definition) is 2. The minimum absolute atomic E-state index is 0.434. The van der Waals surface area contributed by atoms with E-state index in [4.69, 9.17) is 0 Å². The second kappa shape index (κ2) is 10.8. The third-order valence-corrected chi connectivity index (χ3v) is 8.42. The first-order chi connectivity index (χ1) is 15.4. The summed E-state index contributed by atoms with van der Waals surface area (Å²) in [4.78, 5) is 1.50. The molecular weight excluding hydrogens is 410 g/mol. The van der Waals surface area contributed by atoms with Crippen molar-refractivity contribution in [1.29, 1.82) is 0 Å². The fourth-order valence-corrected chi connectivity index (χ4v) is 6.13. The molecule has 2 aromatic carbocycles. The average Bonchev–Trinajstić information content (AvgIpc) is 2.81. The summed E-state index contributed by atoms with van der Waals surface area (Å²) in [6.07, 6.45) is 12.7. The van der Waals surface area contributed by atoms with Crippen LogP contribution in [0, 0.1) is 12.8 Å². The smallest absolute Gasteiger partial charge is 0.159 e. The van der Waals surface area contributed by atoms with Crippen molar-refractivity contribution in [3.05, 3.63) is 70.8 Å². The Hall–Kier alpha value is -1.29. The molecule has 2 aliphatic rings. The highest BCUT2D eigenvalue weighted by Crippen LogP contribution is 2.36. The molecule has 1 N–H and O–H groups in total. The molecule has 0 spiro atoms. The fourth-order valence-electron chi connectivity index (χ4n) is 5.85. The maximum atomic E-state index is 11.3. The first kappa shape index (κ1) is 23.9. The summed E-state index contributed by atoms with van der Waals surface area (Å²) in [6.45, 7) is 6.75. The molecule has 1 aliphatic carbocycles. The second-order valence-corrected chi connectivity index (χ2v) is 11.1. The van der Waals surface area contributed by atoms with Crippen molar-refractivity contribution in [3.63, 3.8) is 0 Å². The molecule has 3 unspecified atom stereocenters. The Bertz CT molecular complexity index is 856. The number of aryl methyl sites for hydroxylation is 1. The van der Waals surface area contributed by atoms with Gasteiger partial charge in [-0.15, -0.1) is 12.6 Å². The Morgan fingerprint density at radius 1 is 0.969 bits per heavy atom. The molecule has 0 bridgehead atoms. The molecule has 1 saturated heterocycles. The van der Waals surface area contributed by atoms with Crippen LogP contribution in [0.3, 0.4) is 0 Å². The molecule has 2 fully saturated rings. The van der Waals surface area contributed by atoms with Crippen molar-refractivity contribution in [2.24, 2.45) is 5.92 Å². The van der Waals surface area contributed by atoms with Gasteiger partial charge < -0.3 is 5.11 Å². The normalized spacial score (nSPS) is 23.6. The van der Waals surface area contributed by atoms with Gasteiger partial charge in [0.2, 0.25) is 0 Å². The molecule has 174 valence electrons. The van der Waals surface area contributed by atoms with E-state index in [1.165, 1.54) is 75.5 Å². The van der Waals surface area contributed by atoms with E-state index in [9.17, 15) is 5.11 Å². The van der Waals surface area contributed by atoms with Crippen LogP contribution < -0.4 is 0 Å². The van der Waals surface area contributed by atoms with Gasteiger partial charge in [0.1, 0.15) is 0 Å². The monoisotopic (exact) mass is 451 g/mol. The number of benzene rings is 2. The third kappa shape index (κ3) is 5.79. The lowest BCUT2D eigenvalue weighted by atomic mass is 9.82. The van der Waals surface area contributed by atoms with E-state index in [1.54, 1.807) is 0 Å². The summed E-state index contributed by atoms with van der Waals surface area (Å²) in [5.74, 6) is 1.38. The zero-order valence-electron chi connectivity index (χ0n) is 20.0. The van der Waals surface area contributed by atoms with E-state index in [-0.39, 0.29) is 0 Å². The number of rotatable bonds is 7. The lowest BCUT2D eigenvalue weighted by Gasteiger charge is -2.40. The molecule has 1 aliphatic heterocycles. The molecular formula is C29H41NOS. The Morgan fingerprint density at radius 2 is 1.69 bits per heavy atom. The van der Waals surface area contributed by atoms with Gasteiger partial charge in [-0.3, -0.25) is 4.90 Å². The van der Waals surface area contributed by atoms with Gasteiger partial charge in [0.05, 0.1) is 0 Å². The van der Waals surface area contributed by atoms with Crippen LogP contribution >= 0.6 is 12.6 Å². The van der Waals surface area contributed by atoms with E-state index in [0.29, 0.717) is 5.92 Å². The molecule has 0 radical (unpaired) electrons. The van der Waals surface area contributed by atoms with Gasteiger partial charge in [0, 0.05) is 12.6 Å². The lowest BCUT2D eigenvalue weighted by molar-refractivity contribution is 0.111. The maximum absolute atomic E-state index is 11.3. The van der Waals surface area contributed by atoms with Crippen LogP contribution in [0.2, 0.25) is 0 Å². The van der Waals surface area contributed by atoms with Crippen molar-refractivity contribution in [2.45, 2.75) is 88.5 Å². The number of hydrogen-bond acceptors (Lipinski definition) is 3. The number of nitrogens with zero attached hydrogens (tertiary/aromatic N) is 1. The van der Waals surface area contributed by atoms with E-state index in [2.05, 4.69) is 49.6 Å². The van der Waals surface area contributed by atoms with Crippen LogP contribution in [0.25, 0.3) is 0 Å². The predicted molar refractivity (Wildman–Crippen MR) is 138 cm³/mol. The zero-order chi connectivity index (χ0) is 22.6. The van der Waals surface area contributed by atoms with Gasteiger partial charge in [-0.25, -0.2) is 0 Å². The van der Waals surface area contributed by atoms with Gasteiger partial charge in [0.25, 0.3) is 0 Å². The molecule has 4 rings (SSSR count). The van der Waals surface area contributed by atoms with Gasteiger partial charge in [-0.05, 0) is 61.3 Å². The second-order valence-electron chi connectivity index (χ2n) is 10.4. The van der Waals surface area contributed by atoms with Crippen molar-refractivity contribution in [2.75, 3.05) is 13.1 Å². The molecule has 0 amide bonds. The fraction of sp³-hybridized carbons (Fsp3) is 0.586. The summed E-state index contributed by atoms with van der Waals surface area (Å²) in [5.41, 5.74) is 4.15. The van der Waals surface area contributed by atoms with Gasteiger partial charge in [-0.2, -0.15) is 0 Å². The maximum Gasteiger partial charge on any atom is 0.159 e. The van der Waals surface area contributed by atoms with Crippen LogP contribution in [-0.4, -0.2) is 29.1 Å². The minimum atomic E-state index is -1.28. The topological polar surface area (TPSA) is 23.5 Å². The number of piperidine rings is 1. The number of likely N-dealkylation sites (tertiary alicyclic amines) is 1. The van der Waals surface area contributed by atoms with Crippen molar-refractivity contribution in [3.8, 4) is 0 Å². The van der Waals surface area contributed by atoms with Crippen molar-refractivity contribution >= 4 is 12.6 Å². The molecule has 32 heavy (non-hydrogen) atoms. The highest BCUT2D eigenvalue weighted by molar-refractivity contribution is 7.81. The summed E-state index contributed by atoms with van der Waals surface area (Å²) < 4.78 is 0. The SMILES string of the molecule is Cc1ccc(C(O)(S)c2cccc(C(C)CN3CCCCC3CC3CCCCC3)c2)cc1. The average molecular weight is 452 g/mol. The third-order valence-electron chi connectivity index (χ3n) is 7.90. The van der Waals surface area contributed by atoms with E-state index >= 15 is 0 Å². The van der Waals surface area contributed by atoms with E-state index in [0.717, 1.165) is 29.6 Å². The zero-order valence-corrected chi connectivity index (χ0v) is 20.9. The number of thiol groups is 1. The van der Waals surface area contributed by atoms with Crippen LogP contribution in [-0.2, 0) is 4.93 Å². The van der Waals surface area contributed by atoms with Crippen LogP contribution in [0.4, 0.5) is 0 Å². The first-order valence-electron chi connectivity index (χ1n) is 12.8. The lowest BCUT2D eigenvalue weighted by Crippen LogP contribution is -2.42. The highest BCUT2D eigenvalue weighted by Gasteiger charge is 2.29. The largest absolute Gasteiger partial charge is 0.371 e. The summed E-state index contributed by atoms with van der Waals surface area (Å²) in [5, 5.41) is 11.3. The van der Waals surface area contributed by atoms with Crippen molar-refractivity contribution < 1.29 is 5.11 Å². The highest BCUT2D eigenvalue weighted by atomic mass is 32.1. The van der Waals surface area contributed by atoms with Gasteiger partial charge in [-0.1, -0.05) is 99.5 Å². The minimum Gasteiger partial charge on any atom is -0.371 e. The Balaban J connectivity index is 1.45. The Morgan fingerprint density at radius 3 is 2.44 bits per heavy atom. The molecule has 0 aromatic heterocycles. The summed E-state index contributed by atoms with van der Waals surface area (Å²) in [7, 11) is 0. The van der Waals surface area contributed by atoms with E-state index < -0.39 is 4.93 Å². The molecule has 1 heterocycles. The molecule has 2 nitrogen and oxygen atoms in total. The molecule has 1 saturated carbocycles. The predicted octanol–water partition coefficient (Wildman–Crippen LogP) is 7.05. The van der Waals surface area contributed by atoms with Crippen LogP contribution in [0.5, 0.6) is 0 Å². The van der Waals surface area contributed by atoms with Crippen molar-refractivity contribution in [1.82, 2.24) is 4.90 Å². The van der Waals surface area contributed by atoms with Gasteiger partial charge in [0.15, 0.2) is 4.93 Å². The molecule has 3 atom stereocenters. The molecule has 3 heteroatoms. The Kier molecular flexibility index (Phi) is 8.02. The van der Waals surface area contributed by atoms with Gasteiger partial charge >= 0.3 is 0 Å². The summed E-state index contributed by atoms with van der Waals surface area (Å²) in [6, 6.07) is 17.2. The quantitative estimate of drug-likeness (QED) is 0.348. The Labute approximate surface area is 200 Å². The van der Waals surface area contributed by atoms with Crippen LogP contribution in [0.1, 0.15) is 92.9 Å². The number of aliphatic hydroxyl groups is 1. The standard InChI is InChI=1S/C29H41NOS/c1-22-14-16-26(17-15-22)29(31,32)27-12-8-11-25(20-27)23(2)21-30-18-7-6-13-28(30)19-24-9-4-3-5-10-24/h8,11-12,14-17,20,23-24,28,31-32H,3-7,9-10,13,18-19,21H2,1-2H3. The van der Waals surface area contributed by atoms with E-state index in [1.807, 2.05) is 30.3 Å².